The van der Waals surface area contributed by atoms with E-state index in [1.54, 1.807) is 91.0 Å². The Morgan fingerprint density at radius 2 is 1.22 bits per heavy atom. The maximum Gasteiger partial charge on any atom is 0.338 e. The smallest absolute Gasteiger partial charge is 0.338 e. The number of rotatable bonds is 22. The summed E-state index contributed by atoms with van der Waals surface area (Å²) in [5.74, 6) is -2.60. The van der Waals surface area contributed by atoms with E-state index in [9.17, 15) is 19.2 Å². The lowest BCUT2D eigenvalue weighted by Crippen LogP contribution is -2.70. The highest BCUT2D eigenvalue weighted by Crippen LogP contribution is 2.39. The molecule has 3 aliphatic heterocycles. The summed E-state index contributed by atoms with van der Waals surface area (Å²) in [6.07, 6.45) is -4.16. The first-order valence-corrected chi connectivity index (χ1v) is 23.4. The van der Waals surface area contributed by atoms with Crippen LogP contribution in [0.5, 0.6) is 0 Å². The summed E-state index contributed by atoms with van der Waals surface area (Å²) in [6, 6.07) is 33.3. The molecule has 362 valence electrons. The fourth-order valence-electron chi connectivity index (χ4n) is 8.39. The van der Waals surface area contributed by atoms with Crippen molar-refractivity contribution in [1.29, 1.82) is 0 Å². The molecular weight excluding hydrogens is 875 g/mol. The average molecular weight is 936 g/mol. The van der Waals surface area contributed by atoms with Crippen molar-refractivity contribution in [1.82, 2.24) is 5.32 Å². The van der Waals surface area contributed by atoms with Crippen molar-refractivity contribution >= 4 is 23.8 Å². The molecular formula is C53H61NO14. The van der Waals surface area contributed by atoms with Gasteiger partial charge in [-0.15, -0.1) is 6.58 Å². The Kier molecular flexibility index (Phi) is 18.8. The van der Waals surface area contributed by atoms with E-state index >= 15 is 0 Å². The van der Waals surface area contributed by atoms with Gasteiger partial charge in [0.2, 0.25) is 5.91 Å². The zero-order chi connectivity index (χ0) is 47.7. The van der Waals surface area contributed by atoms with Gasteiger partial charge in [-0.05, 0) is 42.8 Å². The highest BCUT2D eigenvalue weighted by atomic mass is 16.8. The summed E-state index contributed by atoms with van der Waals surface area (Å²) in [4.78, 5) is 54.8. The molecule has 4 aromatic rings. The van der Waals surface area contributed by atoms with Gasteiger partial charge in [0.1, 0.15) is 43.2 Å². The quantitative estimate of drug-likeness (QED) is 0.0352. The van der Waals surface area contributed by atoms with Gasteiger partial charge in [-0.1, -0.05) is 130 Å². The molecule has 1 N–H and O–H groups in total. The van der Waals surface area contributed by atoms with Crippen LogP contribution in [0.15, 0.2) is 134 Å². The van der Waals surface area contributed by atoms with Crippen LogP contribution in [0.4, 0.5) is 0 Å². The molecule has 3 fully saturated rings. The van der Waals surface area contributed by atoms with Gasteiger partial charge in [-0.2, -0.15) is 0 Å². The lowest BCUT2D eigenvalue weighted by atomic mass is 9.94. The van der Waals surface area contributed by atoms with E-state index in [1.165, 1.54) is 13.0 Å². The van der Waals surface area contributed by atoms with Gasteiger partial charge in [-0.25, -0.2) is 14.4 Å². The minimum absolute atomic E-state index is 0.0619. The van der Waals surface area contributed by atoms with Crippen LogP contribution in [0.1, 0.15) is 95.3 Å². The van der Waals surface area contributed by atoms with Gasteiger partial charge in [0.05, 0.1) is 29.9 Å². The number of nitrogens with one attached hydrogen (secondary N) is 1. The largest absolute Gasteiger partial charge is 0.459 e. The lowest BCUT2D eigenvalue weighted by molar-refractivity contribution is -0.378. The molecule has 0 radical (unpaired) electrons. The monoisotopic (exact) mass is 935 g/mol. The molecule has 15 heteroatoms. The van der Waals surface area contributed by atoms with Crippen molar-refractivity contribution < 1.29 is 66.5 Å². The highest BCUT2D eigenvalue weighted by Gasteiger charge is 2.57. The fourth-order valence-corrected chi connectivity index (χ4v) is 8.39. The third-order valence-corrected chi connectivity index (χ3v) is 11.7. The first-order chi connectivity index (χ1) is 33.2. The molecule has 3 heterocycles. The summed E-state index contributed by atoms with van der Waals surface area (Å²) in [7, 11) is 0. The van der Waals surface area contributed by atoms with Crippen LogP contribution >= 0.6 is 0 Å². The van der Waals surface area contributed by atoms with Crippen LogP contribution in [0.3, 0.4) is 0 Å². The molecule has 3 aliphatic rings. The molecule has 1 amide bonds. The summed E-state index contributed by atoms with van der Waals surface area (Å²) in [5.41, 5.74) is 1.42. The van der Waals surface area contributed by atoms with Crippen molar-refractivity contribution in [3.05, 3.63) is 156 Å². The second-order valence-electron chi connectivity index (χ2n) is 16.8. The number of amides is 1. The second-order valence-corrected chi connectivity index (χ2v) is 16.8. The van der Waals surface area contributed by atoms with Gasteiger partial charge in [-0.3, -0.25) is 4.79 Å². The zero-order valence-corrected chi connectivity index (χ0v) is 38.5. The summed E-state index contributed by atoms with van der Waals surface area (Å²) >= 11 is 0. The van der Waals surface area contributed by atoms with Gasteiger partial charge in [0.25, 0.3) is 0 Å². The second kappa shape index (κ2) is 25.5. The van der Waals surface area contributed by atoms with Crippen LogP contribution < -0.4 is 5.32 Å². The number of unbranched alkanes of at least 4 members (excludes halogenated alkanes) is 5. The van der Waals surface area contributed by atoms with Gasteiger partial charge in [0, 0.05) is 19.1 Å². The number of hydrogen-bond donors (Lipinski definition) is 1. The Labute approximate surface area is 397 Å². The highest BCUT2D eigenvalue weighted by molar-refractivity contribution is 5.90. The number of carbonyl (C=O) groups is 4. The molecule has 15 nitrogen and oxygen atoms in total. The van der Waals surface area contributed by atoms with E-state index in [4.69, 9.17) is 47.4 Å². The molecule has 0 aromatic heterocycles. The van der Waals surface area contributed by atoms with E-state index in [0.29, 0.717) is 6.61 Å². The fraction of sp³-hybridized carbons (Fsp3) is 0.434. The van der Waals surface area contributed by atoms with Crippen molar-refractivity contribution in [3.63, 3.8) is 0 Å². The lowest BCUT2D eigenvalue weighted by Gasteiger charge is -2.51. The van der Waals surface area contributed by atoms with Gasteiger partial charge in [0.15, 0.2) is 31.1 Å². The van der Waals surface area contributed by atoms with Crippen molar-refractivity contribution in [2.75, 3.05) is 26.4 Å². The molecule has 0 bridgehead atoms. The predicted octanol–water partition coefficient (Wildman–Crippen LogP) is 7.70. The molecule has 0 saturated carbocycles. The third kappa shape index (κ3) is 13.5. The van der Waals surface area contributed by atoms with Crippen LogP contribution in [0.2, 0.25) is 0 Å². The normalized spacial score (nSPS) is 26.6. The number of hydrogen-bond acceptors (Lipinski definition) is 14. The first kappa shape index (κ1) is 50.1. The minimum atomic E-state index is -1.56. The summed E-state index contributed by atoms with van der Waals surface area (Å²) in [6.45, 7) is 7.20. The SMILES string of the molecule is C=CCO[C@H]1[C@@H](OC(=O)c2ccccc2)[C@@H](COC(=O)c2ccccc2)O[C@@H](O[C@@H]2[C@@H](NC(C)=O)[C@@H](OCCCCCCCC)O[C@@H]3COC(c4ccccc4)O[C@H]23)[C@@H]1OC(=O)c1ccccc1. The predicted molar refractivity (Wildman–Crippen MR) is 247 cm³/mol. The average Bonchev–Trinajstić information content (AvgIpc) is 3.37. The Hall–Kier alpha value is -5.78. The molecule has 7 rings (SSSR count). The third-order valence-electron chi connectivity index (χ3n) is 11.7. The van der Waals surface area contributed by atoms with E-state index in [-0.39, 0.29) is 29.9 Å². The van der Waals surface area contributed by atoms with Crippen LogP contribution in [-0.2, 0) is 52.2 Å². The molecule has 0 aliphatic carbocycles. The van der Waals surface area contributed by atoms with Crippen molar-refractivity contribution in [3.8, 4) is 0 Å². The number of benzene rings is 4. The van der Waals surface area contributed by atoms with E-state index in [0.717, 1.165) is 44.1 Å². The Morgan fingerprint density at radius 3 is 1.82 bits per heavy atom. The number of fused-ring (bicyclic) bond motifs is 1. The number of esters is 3. The first-order valence-electron chi connectivity index (χ1n) is 23.4. The Bertz CT molecular complexity index is 2200. The number of carbonyl (C=O) groups excluding carboxylic acids is 4. The van der Waals surface area contributed by atoms with Crippen LogP contribution in [0.25, 0.3) is 0 Å². The molecule has 3 saturated heterocycles. The van der Waals surface area contributed by atoms with E-state index in [1.807, 2.05) is 30.3 Å². The molecule has 11 atom stereocenters. The van der Waals surface area contributed by atoms with Crippen molar-refractivity contribution in [2.24, 2.45) is 0 Å². The minimum Gasteiger partial charge on any atom is -0.459 e. The van der Waals surface area contributed by atoms with Crippen molar-refractivity contribution in [2.45, 2.75) is 120 Å². The number of ether oxygens (including phenoxy) is 10. The summed E-state index contributed by atoms with van der Waals surface area (Å²) < 4.78 is 64.6. The summed E-state index contributed by atoms with van der Waals surface area (Å²) in [5, 5.41) is 3.00. The van der Waals surface area contributed by atoms with Crippen LogP contribution in [0, 0.1) is 0 Å². The Balaban J connectivity index is 1.28. The topological polar surface area (TPSA) is 173 Å². The van der Waals surface area contributed by atoms with Gasteiger partial charge >= 0.3 is 17.9 Å². The van der Waals surface area contributed by atoms with E-state index < -0.39 is 98.1 Å². The molecule has 1 unspecified atom stereocenters. The van der Waals surface area contributed by atoms with Crippen LogP contribution in [-0.4, -0.2) is 112 Å². The molecule has 68 heavy (non-hydrogen) atoms. The Morgan fingerprint density at radius 1 is 0.647 bits per heavy atom. The molecule has 0 spiro atoms. The maximum atomic E-state index is 14.2. The van der Waals surface area contributed by atoms with E-state index in [2.05, 4.69) is 18.8 Å². The zero-order valence-electron chi connectivity index (χ0n) is 38.5. The van der Waals surface area contributed by atoms with Gasteiger partial charge < -0.3 is 52.7 Å². The molecule has 4 aromatic carbocycles. The maximum absolute atomic E-state index is 14.2. The standard InChI is InChI=1S/C53H61NO14/c1-4-6-7-8-9-22-32-60-52-42(54-35(3)55)45(43-41(63-52)34-62-51(67-43)39-29-20-13-21-30-39)68-53-47(66-50(58)38-27-18-12-19-28-38)46(59-31-5-2)44(65-49(57)37-25-16-11-17-26-37)40(64-53)33-61-48(56)36-23-14-10-15-24-36/h5,10-21,23-30,40-47,51-53H,2,4,6-9,22,31-34H2,1,3H3,(H,54,55)/t40-,41-,42-,43+,44+,45-,46+,47-,51?,52+,53+/m1/s1.